The van der Waals surface area contributed by atoms with Crippen LogP contribution in [-0.4, -0.2) is 175 Å². The van der Waals surface area contributed by atoms with Gasteiger partial charge in [-0.15, -0.1) is 0 Å². The number of ether oxygens (including phenoxy) is 10. The molecule has 1 saturated carbocycles. The average Bonchev–Trinajstić information content (AvgIpc) is 4.49. The number of likely N-dealkylation sites (N-methyl/N-ethyl adjacent to an activating group) is 1. The molecule has 9 rings (SSSR count). The summed E-state index contributed by atoms with van der Waals surface area (Å²) in [5.41, 5.74) is -5.60. The topological polar surface area (TPSA) is 257 Å². The zero-order valence-corrected chi connectivity index (χ0v) is 48.9. The molecule has 1 aromatic heterocycles. The van der Waals surface area contributed by atoms with Crippen molar-refractivity contribution in [3.63, 3.8) is 0 Å². The van der Waals surface area contributed by atoms with Crippen LogP contribution in [0.4, 0.5) is 0 Å². The monoisotopic (exact) mass is 1150 g/mol. The van der Waals surface area contributed by atoms with E-state index < -0.39 is 125 Å². The molecule has 2 aromatic rings. The van der Waals surface area contributed by atoms with E-state index in [1.165, 1.54) is 19.4 Å². The van der Waals surface area contributed by atoms with E-state index in [0.29, 0.717) is 18.4 Å². The predicted octanol–water partition coefficient (Wildman–Crippen LogP) is 5.72. The zero-order chi connectivity index (χ0) is 58.1. The first kappa shape index (κ1) is 60.3. The summed E-state index contributed by atoms with van der Waals surface area (Å²) in [6, 6.07) is 2.28. The van der Waals surface area contributed by atoms with Crippen molar-refractivity contribution >= 4 is 52.1 Å². The number of aromatic carboxylic acids is 1. The summed E-state index contributed by atoms with van der Waals surface area (Å²) in [4.78, 5) is 96.5. The van der Waals surface area contributed by atoms with Gasteiger partial charge < -0.3 is 67.3 Å². The van der Waals surface area contributed by atoms with Crippen molar-refractivity contribution in [3.05, 3.63) is 39.1 Å². The Balaban J connectivity index is 0.903. The highest BCUT2D eigenvalue weighted by Gasteiger charge is 2.84. The van der Waals surface area contributed by atoms with E-state index in [1.54, 1.807) is 45.3 Å². The van der Waals surface area contributed by atoms with Crippen LogP contribution in [0.5, 0.6) is 5.75 Å². The highest BCUT2D eigenvalue weighted by molar-refractivity contribution is 6.32. The van der Waals surface area contributed by atoms with Gasteiger partial charge in [0.05, 0.1) is 71.9 Å². The van der Waals surface area contributed by atoms with Crippen LogP contribution < -0.4 is 15.5 Å². The SMILES string of the molecule is CC[C@@H]1OC(=O)[C@H](C)[C@H](O[C@@H]2C[C@@](C)(OC)[C@H](OC(=O)CCOCCOc3cc4c(=O)c(C(=O)O)cn(C5CC5)c4cc3Cl)[C@H](C)O2)[C@@H](C)[C@@H]2O[C@@H]3OC(C)C[C@H](N(C)C)[C@@H]3OOC2(C)C[C@H](C)C(=O)[C@H](C)[C@H]2NC(=O)[C@@]23OC13C. The fourth-order valence-corrected chi connectivity index (χ4v) is 13.5. The number of nitrogens with one attached hydrogen (secondary N) is 1. The number of esters is 2. The van der Waals surface area contributed by atoms with Gasteiger partial charge in [-0.25, -0.2) is 14.6 Å². The maximum atomic E-state index is 14.8. The summed E-state index contributed by atoms with van der Waals surface area (Å²) in [6.07, 6.45) is -3.46. The van der Waals surface area contributed by atoms with Crippen LogP contribution in [0.25, 0.3) is 10.9 Å². The molecule has 7 heterocycles. The summed E-state index contributed by atoms with van der Waals surface area (Å²) in [5.74, 6) is -5.94. The molecule has 80 heavy (non-hydrogen) atoms. The molecule has 3 unspecified atom stereocenters. The summed E-state index contributed by atoms with van der Waals surface area (Å²) in [7, 11) is 5.39. The van der Waals surface area contributed by atoms with E-state index in [-0.39, 0.29) is 90.7 Å². The number of carbonyl (C=O) groups is 5. The van der Waals surface area contributed by atoms with E-state index in [9.17, 15) is 33.9 Å². The van der Waals surface area contributed by atoms with Crippen LogP contribution in [-0.2, 0) is 71.6 Å². The number of rotatable bonds is 15. The number of epoxide rings is 1. The second kappa shape index (κ2) is 23.0. The largest absolute Gasteiger partial charge is 0.490 e. The summed E-state index contributed by atoms with van der Waals surface area (Å²) < 4.78 is 65.4. The lowest BCUT2D eigenvalue weighted by atomic mass is 9.69. The van der Waals surface area contributed by atoms with Gasteiger partial charge in [0.15, 0.2) is 30.4 Å². The van der Waals surface area contributed by atoms with E-state index in [4.69, 9.17) is 68.7 Å². The van der Waals surface area contributed by atoms with E-state index in [0.717, 1.165) is 12.8 Å². The number of methoxy groups -OCH3 is 1. The Morgan fingerprint density at radius 3 is 2.33 bits per heavy atom. The number of ketones is 1. The lowest BCUT2D eigenvalue weighted by Crippen LogP contribution is -2.72. The van der Waals surface area contributed by atoms with Gasteiger partial charge in [-0.05, 0) is 99.9 Å². The van der Waals surface area contributed by atoms with Gasteiger partial charge in [0.1, 0.15) is 46.6 Å². The number of cyclic esters (lactones) is 1. The molecular formula is C57H80ClN3O19. The van der Waals surface area contributed by atoms with Crippen LogP contribution in [0, 0.1) is 23.7 Å². The summed E-state index contributed by atoms with van der Waals surface area (Å²) in [5, 5.41) is 13.0. The number of β-lactam (4-membered cyclic amide) rings is 1. The number of carboxylic acids is 1. The molecule has 444 valence electrons. The molecule has 22 nitrogen and oxygen atoms in total. The molecule has 2 N–H and O–H groups in total. The number of carbonyl (C=O) groups excluding carboxylic acids is 4. The van der Waals surface area contributed by atoms with E-state index in [2.05, 4.69) is 5.32 Å². The molecule has 1 aliphatic carbocycles. The number of halogens is 1. The van der Waals surface area contributed by atoms with Crippen molar-refractivity contribution < 1.29 is 86.2 Å². The predicted molar refractivity (Wildman–Crippen MR) is 285 cm³/mol. The Kier molecular flexibility index (Phi) is 17.3. The third kappa shape index (κ3) is 11.0. The number of fused-ring (bicyclic) bond motifs is 3. The van der Waals surface area contributed by atoms with Crippen LogP contribution in [0.1, 0.15) is 131 Å². The van der Waals surface area contributed by atoms with Gasteiger partial charge in [0, 0.05) is 49.6 Å². The number of aromatic nitrogens is 1. The fraction of sp³-hybridized carbons (Fsp3) is 0.754. The second-order valence-corrected chi connectivity index (χ2v) is 24.5. The molecule has 23 heteroatoms. The van der Waals surface area contributed by atoms with Crippen LogP contribution >= 0.6 is 11.6 Å². The number of carboxylic acid groups (broad SMARTS) is 1. The lowest BCUT2D eigenvalue weighted by molar-refractivity contribution is -0.400. The summed E-state index contributed by atoms with van der Waals surface area (Å²) >= 11 is 6.57. The molecule has 6 saturated heterocycles. The van der Waals surface area contributed by atoms with Gasteiger partial charge in [-0.2, -0.15) is 0 Å². The zero-order valence-electron chi connectivity index (χ0n) is 48.1. The van der Waals surface area contributed by atoms with E-state index in [1.807, 2.05) is 53.6 Å². The van der Waals surface area contributed by atoms with Gasteiger partial charge in [0.2, 0.25) is 5.43 Å². The number of nitrogens with zero attached hydrogens (tertiary/aromatic N) is 2. The molecule has 19 atom stereocenters. The molecule has 1 spiro atoms. The van der Waals surface area contributed by atoms with Gasteiger partial charge in [0.25, 0.3) is 5.91 Å². The van der Waals surface area contributed by atoms with E-state index >= 15 is 0 Å². The highest BCUT2D eigenvalue weighted by atomic mass is 35.5. The number of pyridine rings is 1. The number of hydrogen-bond acceptors (Lipinski definition) is 19. The summed E-state index contributed by atoms with van der Waals surface area (Å²) in [6.45, 7) is 18.1. The van der Waals surface area contributed by atoms with Gasteiger partial charge >= 0.3 is 17.9 Å². The van der Waals surface area contributed by atoms with Crippen molar-refractivity contribution in [1.82, 2.24) is 14.8 Å². The molecule has 7 aliphatic rings. The third-order valence-electron chi connectivity index (χ3n) is 18.1. The molecule has 0 radical (unpaired) electrons. The molecule has 1 aromatic carbocycles. The highest BCUT2D eigenvalue weighted by Crippen LogP contribution is 2.60. The fourth-order valence-electron chi connectivity index (χ4n) is 13.3. The Hall–Kier alpha value is -4.33. The van der Waals surface area contributed by atoms with Crippen molar-refractivity contribution in [2.75, 3.05) is 41.0 Å². The molecule has 6 aliphatic heterocycles. The van der Waals surface area contributed by atoms with Gasteiger partial charge in [-0.1, -0.05) is 39.3 Å². The normalized spacial score (nSPS) is 40.3. The smallest absolute Gasteiger partial charge is 0.341 e. The molecule has 1 amide bonds. The Morgan fingerprint density at radius 2 is 1.68 bits per heavy atom. The van der Waals surface area contributed by atoms with Crippen LogP contribution in [0.15, 0.2) is 23.1 Å². The number of amides is 1. The maximum Gasteiger partial charge on any atom is 0.341 e. The molecule has 7 fully saturated rings. The Bertz CT molecular complexity index is 2760. The minimum Gasteiger partial charge on any atom is -0.490 e. The van der Waals surface area contributed by atoms with Crippen molar-refractivity contribution in [1.29, 1.82) is 0 Å². The van der Waals surface area contributed by atoms with Crippen LogP contribution in [0.2, 0.25) is 5.02 Å². The van der Waals surface area contributed by atoms with Crippen LogP contribution in [0.3, 0.4) is 0 Å². The first-order valence-electron chi connectivity index (χ1n) is 28.2. The number of hydrogen-bond donors (Lipinski definition) is 2. The Morgan fingerprint density at radius 1 is 0.950 bits per heavy atom. The van der Waals surface area contributed by atoms with Crippen molar-refractivity contribution in [2.24, 2.45) is 23.7 Å². The third-order valence-corrected chi connectivity index (χ3v) is 18.4. The average molecular weight is 1150 g/mol. The van der Waals surface area contributed by atoms with Crippen molar-refractivity contribution in [3.8, 4) is 5.75 Å². The maximum absolute atomic E-state index is 14.8. The minimum absolute atomic E-state index is 0.00507. The van der Waals surface area contributed by atoms with Crippen molar-refractivity contribution in [2.45, 2.75) is 210 Å². The quantitative estimate of drug-likeness (QED) is 0.0711. The standard InChI is InChI=1S/C57H80ClN3O19/c1-14-40-56(10)57(79-56)47(59-53(57)68)29(4)43(63)27(2)24-55(9)48(77-52-46(78-80-55)38(60(11)12)21-28(3)72-52)30(5)45(31(6)51(67)74-40)76-42-25-54(8,69-13)49(32(7)73-42)75-41(62)17-18-70-19-20-71-39-22-34-37(23-36(39)58)61(33-15-16-33)26-35(44(34)64)50(65)66/h22-23,26-33,38,40,42,45-49,52H,14-21,24-25H2,1-13H3,(H,59,68)(H,65,66)/t27-,28?,29-,30+,31+,32-,38-,40-,42+,45+,46-,47+,48-,49+,52-,54+,55?,56?,57-/m0/s1. The number of Topliss-reactive ketones (excluding diaryl/α,β-unsaturated/α-hetero) is 1. The Labute approximate surface area is 471 Å². The molecule has 0 bridgehead atoms. The first-order chi connectivity index (χ1) is 37.7. The number of benzene rings is 1. The first-order valence-corrected chi connectivity index (χ1v) is 28.5. The minimum atomic E-state index is -1.38. The van der Waals surface area contributed by atoms with Gasteiger partial charge in [-0.3, -0.25) is 24.0 Å². The molecular weight excluding hydrogens is 1070 g/mol. The lowest BCUT2D eigenvalue weighted by Gasteiger charge is -2.48. The second-order valence-electron chi connectivity index (χ2n) is 24.1.